The van der Waals surface area contributed by atoms with E-state index in [1.807, 2.05) is 36.4 Å². The lowest BCUT2D eigenvalue weighted by atomic mass is 10.1. The topological polar surface area (TPSA) is 12.4 Å². The van der Waals surface area contributed by atoms with E-state index in [2.05, 4.69) is 35.5 Å². The summed E-state index contributed by atoms with van der Waals surface area (Å²) >= 11 is 1.60. The van der Waals surface area contributed by atoms with E-state index < -0.39 is 0 Å². The van der Waals surface area contributed by atoms with E-state index in [0.29, 0.717) is 0 Å². The van der Waals surface area contributed by atoms with E-state index in [4.69, 9.17) is 0 Å². The highest BCUT2D eigenvalue weighted by Crippen LogP contribution is 2.31. The van der Waals surface area contributed by atoms with Gasteiger partial charge in [0.1, 0.15) is 0 Å². The van der Waals surface area contributed by atoms with Crippen molar-refractivity contribution in [3.8, 4) is 0 Å². The fraction of sp³-hybridized carbons (Fsp3) is 0.0588. The van der Waals surface area contributed by atoms with Crippen LogP contribution in [0.25, 0.3) is 6.08 Å². The lowest BCUT2D eigenvalue weighted by Crippen LogP contribution is -2.23. The molecule has 0 saturated heterocycles. The van der Waals surface area contributed by atoms with Gasteiger partial charge in [-0.05, 0) is 35.4 Å². The van der Waals surface area contributed by atoms with Gasteiger partial charge >= 0.3 is 0 Å². The molecule has 1 aromatic carbocycles. The van der Waals surface area contributed by atoms with Crippen molar-refractivity contribution in [3.05, 3.63) is 87.0 Å². The molecule has 0 spiro atoms. The average Bonchev–Trinajstić information content (AvgIpc) is 2.59. The SMILES string of the molecule is C=C1N=c2cccc/c2=C/CC2=C(C=C=CC=C2)S1. The zero-order chi connectivity index (χ0) is 13.1. The number of fused-ring (bicyclic) bond motifs is 1. The minimum absolute atomic E-state index is 0.809. The van der Waals surface area contributed by atoms with Crippen molar-refractivity contribution in [2.24, 2.45) is 4.99 Å². The molecule has 1 heterocycles. The number of thioether (sulfide) groups is 1. The number of nitrogens with zero attached hydrogens (tertiary/aromatic N) is 1. The Bertz CT molecular complexity index is 772. The average molecular weight is 263 g/mol. The van der Waals surface area contributed by atoms with Crippen molar-refractivity contribution >= 4 is 17.8 Å². The number of para-hydroxylation sites is 1. The van der Waals surface area contributed by atoms with Crippen LogP contribution in [0.3, 0.4) is 0 Å². The van der Waals surface area contributed by atoms with Crippen molar-refractivity contribution in [3.63, 3.8) is 0 Å². The maximum atomic E-state index is 4.60. The summed E-state index contributed by atoms with van der Waals surface area (Å²) in [6, 6.07) is 8.17. The molecule has 0 saturated carbocycles. The molecule has 0 amide bonds. The van der Waals surface area contributed by atoms with Gasteiger partial charge in [0.05, 0.1) is 10.4 Å². The Morgan fingerprint density at radius 1 is 1.26 bits per heavy atom. The highest BCUT2D eigenvalue weighted by molar-refractivity contribution is 8.06. The molecule has 0 atom stereocenters. The molecular weight excluding hydrogens is 250 g/mol. The van der Waals surface area contributed by atoms with Gasteiger partial charge in [0.15, 0.2) is 0 Å². The lowest BCUT2D eigenvalue weighted by Gasteiger charge is -2.04. The van der Waals surface area contributed by atoms with Crippen LogP contribution in [-0.2, 0) is 0 Å². The first kappa shape index (κ1) is 12.0. The molecule has 92 valence electrons. The summed E-state index contributed by atoms with van der Waals surface area (Å²) in [5, 5.41) is 2.96. The van der Waals surface area contributed by atoms with E-state index in [9.17, 15) is 0 Å². The Morgan fingerprint density at radius 2 is 2.16 bits per heavy atom. The highest BCUT2D eigenvalue weighted by atomic mass is 32.2. The van der Waals surface area contributed by atoms with E-state index in [0.717, 1.165) is 22.0 Å². The smallest absolute Gasteiger partial charge is 0.0943 e. The van der Waals surface area contributed by atoms with Gasteiger partial charge in [-0.2, -0.15) is 0 Å². The van der Waals surface area contributed by atoms with Gasteiger partial charge in [-0.15, -0.1) is 5.73 Å². The molecule has 0 unspecified atom stereocenters. The fourth-order valence-electron chi connectivity index (χ4n) is 2.05. The van der Waals surface area contributed by atoms with Crippen LogP contribution in [0.1, 0.15) is 6.42 Å². The lowest BCUT2D eigenvalue weighted by molar-refractivity contribution is 1.27. The van der Waals surface area contributed by atoms with Gasteiger partial charge in [-0.3, -0.25) is 0 Å². The molecule has 1 aliphatic carbocycles. The molecule has 2 aliphatic rings. The third kappa shape index (κ3) is 2.70. The number of hydrogen-bond donors (Lipinski definition) is 0. The van der Waals surface area contributed by atoms with Crippen LogP contribution >= 0.6 is 11.8 Å². The van der Waals surface area contributed by atoms with Crippen LogP contribution in [0.15, 0.2) is 81.4 Å². The molecule has 3 rings (SSSR count). The first-order valence-corrected chi connectivity index (χ1v) is 6.97. The van der Waals surface area contributed by atoms with E-state index >= 15 is 0 Å². The van der Waals surface area contributed by atoms with Gasteiger partial charge in [-0.1, -0.05) is 54.8 Å². The summed E-state index contributed by atoms with van der Waals surface area (Å²) in [4.78, 5) is 5.77. The maximum Gasteiger partial charge on any atom is 0.0943 e. The third-order valence-corrected chi connectivity index (χ3v) is 3.90. The van der Waals surface area contributed by atoms with E-state index in [1.54, 1.807) is 11.8 Å². The zero-order valence-corrected chi connectivity index (χ0v) is 11.3. The van der Waals surface area contributed by atoms with Gasteiger partial charge < -0.3 is 0 Å². The summed E-state index contributed by atoms with van der Waals surface area (Å²) in [5.74, 6) is 0. The number of benzene rings is 1. The van der Waals surface area contributed by atoms with E-state index in [-0.39, 0.29) is 0 Å². The molecule has 19 heavy (non-hydrogen) atoms. The quantitative estimate of drug-likeness (QED) is 0.655. The summed E-state index contributed by atoms with van der Waals surface area (Å²) in [6.07, 6.45) is 11.2. The highest BCUT2D eigenvalue weighted by Gasteiger charge is 2.06. The Hall–Kier alpha value is -2.02. The summed E-state index contributed by atoms with van der Waals surface area (Å²) in [5.41, 5.74) is 4.42. The Labute approximate surface area is 116 Å². The molecule has 0 radical (unpaired) electrons. The van der Waals surface area contributed by atoms with Crippen molar-refractivity contribution in [1.29, 1.82) is 0 Å². The zero-order valence-electron chi connectivity index (χ0n) is 10.5. The summed E-state index contributed by atoms with van der Waals surface area (Å²) in [6.45, 7) is 4.04. The number of hydrogen-bond acceptors (Lipinski definition) is 2. The standard InChI is InChI=1S/C17H13NS/c1-13-18-16-9-6-5-7-14(16)11-12-15-8-3-2-4-10-17(15)19-13/h2-3,5-11H,1,12H2/b14-11-,18-16?. The molecule has 1 aromatic rings. The molecule has 1 nitrogen and oxygen atoms in total. The largest absolute Gasteiger partial charge is 0.242 e. The van der Waals surface area contributed by atoms with Gasteiger partial charge in [-0.25, -0.2) is 4.99 Å². The molecular formula is C17H13NS. The predicted molar refractivity (Wildman–Crippen MR) is 81.9 cm³/mol. The van der Waals surface area contributed by atoms with Crippen molar-refractivity contribution in [2.75, 3.05) is 0 Å². The first-order valence-electron chi connectivity index (χ1n) is 6.16. The van der Waals surface area contributed by atoms with Crippen molar-refractivity contribution < 1.29 is 0 Å². The van der Waals surface area contributed by atoms with Crippen LogP contribution in [0.5, 0.6) is 0 Å². The van der Waals surface area contributed by atoms with Crippen LogP contribution in [0, 0.1) is 0 Å². The number of allylic oxidation sites excluding steroid dienone is 4. The Balaban J connectivity index is 2.18. The van der Waals surface area contributed by atoms with Crippen LogP contribution in [-0.4, -0.2) is 0 Å². The first-order chi connectivity index (χ1) is 9.33. The minimum Gasteiger partial charge on any atom is -0.242 e. The molecule has 0 aromatic heterocycles. The normalized spacial score (nSPS) is 19.2. The predicted octanol–water partition coefficient (Wildman–Crippen LogP) is 3.23. The van der Waals surface area contributed by atoms with Crippen LogP contribution in [0.4, 0.5) is 0 Å². The molecule has 0 bridgehead atoms. The van der Waals surface area contributed by atoms with Crippen molar-refractivity contribution in [1.82, 2.24) is 0 Å². The minimum atomic E-state index is 0.809. The van der Waals surface area contributed by atoms with Gasteiger partial charge in [0, 0.05) is 4.91 Å². The monoisotopic (exact) mass is 263 g/mol. The van der Waals surface area contributed by atoms with Crippen LogP contribution < -0.4 is 10.6 Å². The van der Waals surface area contributed by atoms with Crippen molar-refractivity contribution in [2.45, 2.75) is 6.42 Å². The Kier molecular flexibility index (Phi) is 3.37. The second-order valence-corrected chi connectivity index (χ2v) is 5.42. The second kappa shape index (κ2) is 5.31. The van der Waals surface area contributed by atoms with E-state index in [1.165, 1.54) is 10.5 Å². The Morgan fingerprint density at radius 3 is 3.11 bits per heavy atom. The molecule has 2 heteroatoms. The molecule has 1 aliphatic heterocycles. The molecule has 0 N–H and O–H groups in total. The summed E-state index contributed by atoms with van der Waals surface area (Å²) < 4.78 is 0. The van der Waals surface area contributed by atoms with Gasteiger partial charge in [0.25, 0.3) is 0 Å². The summed E-state index contributed by atoms with van der Waals surface area (Å²) in [7, 11) is 0. The van der Waals surface area contributed by atoms with Gasteiger partial charge in [0.2, 0.25) is 0 Å². The fourth-order valence-corrected chi connectivity index (χ4v) is 2.86. The number of rotatable bonds is 0. The second-order valence-electron chi connectivity index (χ2n) is 4.30. The molecule has 0 fully saturated rings. The third-order valence-electron chi connectivity index (χ3n) is 2.97. The maximum absolute atomic E-state index is 4.60. The van der Waals surface area contributed by atoms with Crippen LogP contribution in [0.2, 0.25) is 0 Å².